The predicted octanol–water partition coefficient (Wildman–Crippen LogP) is 4.76. The largest absolute Gasteiger partial charge is 0.207 e. The van der Waals surface area contributed by atoms with Gasteiger partial charge in [0.15, 0.2) is 0 Å². The van der Waals surface area contributed by atoms with Gasteiger partial charge in [-0.15, -0.1) is 0 Å². The van der Waals surface area contributed by atoms with Crippen LogP contribution in [0.25, 0.3) is 0 Å². The molecule has 0 amide bonds. The number of rotatable bonds is 2. The average Bonchev–Trinajstić information content (AvgIpc) is 2.28. The SMILES string of the molecule is CC1CCCC(C(C)c2cccc(F)c2)C1. The molecular weight excluding hydrogens is 199 g/mol. The molecule has 1 aromatic rings. The molecule has 16 heavy (non-hydrogen) atoms. The molecule has 3 unspecified atom stereocenters. The second kappa shape index (κ2) is 4.99. The summed E-state index contributed by atoms with van der Waals surface area (Å²) in [7, 11) is 0. The van der Waals surface area contributed by atoms with Crippen molar-refractivity contribution in [3.05, 3.63) is 35.6 Å². The maximum atomic E-state index is 13.2. The third-order valence-corrected chi connectivity index (χ3v) is 4.06. The zero-order valence-electron chi connectivity index (χ0n) is 10.2. The molecule has 1 heteroatoms. The molecule has 0 saturated heterocycles. The second-order valence-corrected chi connectivity index (χ2v) is 5.38. The van der Waals surface area contributed by atoms with Gasteiger partial charge in [0.05, 0.1) is 0 Å². The lowest BCUT2D eigenvalue weighted by Gasteiger charge is -2.31. The molecular formula is C15H21F. The fourth-order valence-electron chi connectivity index (χ4n) is 3.00. The Morgan fingerprint density at radius 2 is 2.12 bits per heavy atom. The van der Waals surface area contributed by atoms with Gasteiger partial charge in [-0.05, 0) is 48.3 Å². The summed E-state index contributed by atoms with van der Waals surface area (Å²) < 4.78 is 13.2. The fourth-order valence-corrected chi connectivity index (χ4v) is 3.00. The van der Waals surface area contributed by atoms with E-state index in [2.05, 4.69) is 19.9 Å². The molecule has 0 N–H and O–H groups in total. The van der Waals surface area contributed by atoms with Crippen molar-refractivity contribution in [3.63, 3.8) is 0 Å². The van der Waals surface area contributed by atoms with Gasteiger partial charge in [-0.2, -0.15) is 0 Å². The molecule has 1 aromatic carbocycles. The number of hydrogen-bond donors (Lipinski definition) is 0. The van der Waals surface area contributed by atoms with E-state index in [9.17, 15) is 4.39 Å². The van der Waals surface area contributed by atoms with E-state index in [-0.39, 0.29) is 5.82 Å². The van der Waals surface area contributed by atoms with Crippen LogP contribution in [0, 0.1) is 17.7 Å². The van der Waals surface area contributed by atoms with E-state index < -0.39 is 0 Å². The number of hydrogen-bond acceptors (Lipinski definition) is 0. The summed E-state index contributed by atoms with van der Waals surface area (Å²) in [5, 5.41) is 0. The van der Waals surface area contributed by atoms with E-state index in [1.165, 1.54) is 37.3 Å². The van der Waals surface area contributed by atoms with Crippen LogP contribution < -0.4 is 0 Å². The predicted molar refractivity (Wildman–Crippen MR) is 65.9 cm³/mol. The van der Waals surface area contributed by atoms with Crippen molar-refractivity contribution in [1.82, 2.24) is 0 Å². The normalized spacial score (nSPS) is 27.7. The molecule has 2 rings (SSSR count). The lowest BCUT2D eigenvalue weighted by molar-refractivity contribution is 0.253. The minimum absolute atomic E-state index is 0.104. The summed E-state index contributed by atoms with van der Waals surface area (Å²) >= 11 is 0. The van der Waals surface area contributed by atoms with Gasteiger partial charge in [-0.3, -0.25) is 0 Å². The number of benzene rings is 1. The van der Waals surface area contributed by atoms with Crippen molar-refractivity contribution in [3.8, 4) is 0 Å². The van der Waals surface area contributed by atoms with E-state index in [1.807, 2.05) is 6.07 Å². The van der Waals surface area contributed by atoms with Crippen LogP contribution in [0.4, 0.5) is 4.39 Å². The van der Waals surface area contributed by atoms with Crippen molar-refractivity contribution in [2.75, 3.05) is 0 Å². The molecule has 0 bridgehead atoms. The topological polar surface area (TPSA) is 0 Å². The molecule has 0 spiro atoms. The van der Waals surface area contributed by atoms with Crippen LogP contribution in [0.15, 0.2) is 24.3 Å². The van der Waals surface area contributed by atoms with Gasteiger partial charge in [0, 0.05) is 0 Å². The van der Waals surface area contributed by atoms with Gasteiger partial charge in [-0.25, -0.2) is 4.39 Å². The van der Waals surface area contributed by atoms with Gasteiger partial charge in [0.2, 0.25) is 0 Å². The van der Waals surface area contributed by atoms with Gasteiger partial charge in [0.1, 0.15) is 5.82 Å². The fraction of sp³-hybridized carbons (Fsp3) is 0.600. The Balaban J connectivity index is 2.09. The first-order valence-electron chi connectivity index (χ1n) is 6.42. The molecule has 0 aliphatic heterocycles. The molecule has 0 nitrogen and oxygen atoms in total. The maximum Gasteiger partial charge on any atom is 0.123 e. The summed E-state index contributed by atoms with van der Waals surface area (Å²) in [5.41, 5.74) is 1.17. The van der Waals surface area contributed by atoms with E-state index in [4.69, 9.17) is 0 Å². The van der Waals surface area contributed by atoms with Gasteiger partial charge < -0.3 is 0 Å². The lowest BCUT2D eigenvalue weighted by Crippen LogP contribution is -2.18. The Kier molecular flexibility index (Phi) is 3.63. The standard InChI is InChI=1S/C15H21F/c1-11-5-3-6-13(9-11)12(2)14-7-4-8-15(16)10-14/h4,7-8,10-13H,3,5-6,9H2,1-2H3. The first-order chi connectivity index (χ1) is 7.66. The Labute approximate surface area is 97.9 Å². The molecule has 3 atom stereocenters. The molecule has 0 radical (unpaired) electrons. The number of halogens is 1. The highest BCUT2D eigenvalue weighted by Crippen LogP contribution is 2.38. The van der Waals surface area contributed by atoms with Crippen molar-refractivity contribution < 1.29 is 4.39 Å². The Morgan fingerprint density at radius 1 is 1.31 bits per heavy atom. The highest BCUT2D eigenvalue weighted by molar-refractivity contribution is 5.21. The van der Waals surface area contributed by atoms with Gasteiger partial charge in [-0.1, -0.05) is 38.8 Å². The molecule has 1 saturated carbocycles. The van der Waals surface area contributed by atoms with E-state index in [0.717, 1.165) is 11.8 Å². The molecule has 1 fully saturated rings. The van der Waals surface area contributed by atoms with Crippen LogP contribution in [0.2, 0.25) is 0 Å². The summed E-state index contributed by atoms with van der Waals surface area (Å²) in [6, 6.07) is 7.12. The Bertz CT molecular complexity index is 345. The average molecular weight is 220 g/mol. The monoisotopic (exact) mass is 220 g/mol. The van der Waals surface area contributed by atoms with E-state index >= 15 is 0 Å². The van der Waals surface area contributed by atoms with Crippen LogP contribution in [-0.4, -0.2) is 0 Å². The van der Waals surface area contributed by atoms with Crippen molar-refractivity contribution in [2.45, 2.75) is 45.4 Å². The van der Waals surface area contributed by atoms with Crippen LogP contribution in [0.1, 0.15) is 51.0 Å². The van der Waals surface area contributed by atoms with Crippen LogP contribution >= 0.6 is 0 Å². The summed E-state index contributed by atoms with van der Waals surface area (Å²) in [4.78, 5) is 0. The Morgan fingerprint density at radius 3 is 2.81 bits per heavy atom. The molecule has 1 aliphatic rings. The van der Waals surface area contributed by atoms with Crippen LogP contribution in [0.3, 0.4) is 0 Å². The summed E-state index contributed by atoms with van der Waals surface area (Å²) in [6.07, 6.45) is 5.32. The van der Waals surface area contributed by atoms with Crippen molar-refractivity contribution in [1.29, 1.82) is 0 Å². The molecule has 1 aliphatic carbocycles. The minimum Gasteiger partial charge on any atom is -0.207 e. The quantitative estimate of drug-likeness (QED) is 0.674. The lowest BCUT2D eigenvalue weighted by atomic mass is 9.74. The third-order valence-electron chi connectivity index (χ3n) is 4.06. The second-order valence-electron chi connectivity index (χ2n) is 5.38. The van der Waals surface area contributed by atoms with Crippen molar-refractivity contribution in [2.24, 2.45) is 11.8 Å². The highest BCUT2D eigenvalue weighted by Gasteiger charge is 2.24. The molecule has 88 valence electrons. The van der Waals surface area contributed by atoms with E-state index in [1.54, 1.807) is 6.07 Å². The van der Waals surface area contributed by atoms with E-state index in [0.29, 0.717) is 5.92 Å². The summed E-state index contributed by atoms with van der Waals surface area (Å²) in [6.45, 7) is 4.59. The minimum atomic E-state index is -0.104. The zero-order chi connectivity index (χ0) is 11.5. The van der Waals surface area contributed by atoms with Gasteiger partial charge in [0.25, 0.3) is 0 Å². The zero-order valence-corrected chi connectivity index (χ0v) is 10.2. The first kappa shape index (κ1) is 11.6. The molecule has 0 aromatic heterocycles. The summed E-state index contributed by atoms with van der Waals surface area (Å²) in [5.74, 6) is 1.98. The smallest absolute Gasteiger partial charge is 0.123 e. The van der Waals surface area contributed by atoms with Crippen molar-refractivity contribution >= 4 is 0 Å². The van der Waals surface area contributed by atoms with Gasteiger partial charge >= 0.3 is 0 Å². The third kappa shape index (κ3) is 2.63. The molecule has 0 heterocycles. The van der Waals surface area contributed by atoms with Crippen LogP contribution in [0.5, 0.6) is 0 Å². The first-order valence-corrected chi connectivity index (χ1v) is 6.42. The highest BCUT2D eigenvalue weighted by atomic mass is 19.1. The van der Waals surface area contributed by atoms with Crippen LogP contribution in [-0.2, 0) is 0 Å². The Hall–Kier alpha value is -0.850. The maximum absolute atomic E-state index is 13.2.